The summed E-state index contributed by atoms with van der Waals surface area (Å²) >= 11 is 0. The normalized spacial score (nSPS) is 10.9. The van der Waals surface area contributed by atoms with Crippen molar-refractivity contribution in [2.24, 2.45) is 0 Å². The molecular weight excluding hydrogens is 334 g/mol. The molecule has 160 valence electrons. The molecule has 0 fully saturated rings. The molecule has 1 heterocycles. The van der Waals surface area contributed by atoms with Crippen molar-refractivity contribution >= 4 is 0 Å². The van der Waals surface area contributed by atoms with Crippen molar-refractivity contribution in [1.82, 2.24) is 16.1 Å². The van der Waals surface area contributed by atoms with E-state index < -0.39 is 0 Å². The highest BCUT2D eigenvalue weighted by Crippen LogP contribution is 2.14. The Morgan fingerprint density at radius 2 is 1.15 bits per heavy atom. The summed E-state index contributed by atoms with van der Waals surface area (Å²) in [4.78, 5) is 7.58. The van der Waals surface area contributed by atoms with Crippen LogP contribution < -0.4 is 6.15 Å². The van der Waals surface area contributed by atoms with E-state index in [-0.39, 0.29) is 12.8 Å². The molecule has 0 radical (unpaired) electrons. The van der Waals surface area contributed by atoms with E-state index in [0.29, 0.717) is 6.42 Å². The maximum absolute atomic E-state index is 8.89. The van der Waals surface area contributed by atoms with Crippen LogP contribution in [0.2, 0.25) is 0 Å². The van der Waals surface area contributed by atoms with E-state index in [4.69, 9.17) is 5.11 Å². The molecule has 0 aliphatic rings. The van der Waals surface area contributed by atoms with Crippen LogP contribution in [0.25, 0.3) is 0 Å². The summed E-state index contributed by atoms with van der Waals surface area (Å²) < 4.78 is 0. The summed E-state index contributed by atoms with van der Waals surface area (Å²) in [6, 6.07) is 0. The van der Waals surface area contributed by atoms with Gasteiger partial charge in [0.05, 0.1) is 6.61 Å². The van der Waals surface area contributed by atoms with Crippen LogP contribution in [0.15, 0.2) is 6.20 Å². The molecule has 1 rings (SSSR count). The van der Waals surface area contributed by atoms with E-state index in [1.807, 2.05) is 6.20 Å². The van der Waals surface area contributed by atoms with Gasteiger partial charge < -0.3 is 16.2 Å². The van der Waals surface area contributed by atoms with Crippen molar-refractivity contribution < 1.29 is 5.11 Å². The number of imidazole rings is 1. The van der Waals surface area contributed by atoms with E-state index in [1.165, 1.54) is 108 Å². The van der Waals surface area contributed by atoms with E-state index >= 15 is 0 Å². The Hall–Kier alpha value is -0.870. The summed E-state index contributed by atoms with van der Waals surface area (Å²) in [7, 11) is 0. The molecule has 4 heteroatoms. The fourth-order valence-electron chi connectivity index (χ4n) is 3.63. The maximum atomic E-state index is 8.89. The number of unbranched alkanes of at least 4 members (excludes halogenated alkanes) is 15. The molecule has 4 nitrogen and oxygen atoms in total. The molecular formula is C23H47N3O. The molecule has 0 amide bonds. The second kappa shape index (κ2) is 19.9. The lowest BCUT2D eigenvalue weighted by Gasteiger charge is -2.03. The van der Waals surface area contributed by atoms with Gasteiger partial charge in [0.1, 0.15) is 5.82 Å². The number of hydrogen-bond acceptors (Lipinski definition) is 3. The van der Waals surface area contributed by atoms with Crippen LogP contribution in [0.1, 0.15) is 121 Å². The lowest BCUT2D eigenvalue weighted by molar-refractivity contribution is 0.297. The van der Waals surface area contributed by atoms with Crippen molar-refractivity contribution in [2.45, 2.75) is 122 Å². The Morgan fingerprint density at radius 1 is 0.704 bits per heavy atom. The molecule has 0 aliphatic carbocycles. The monoisotopic (exact) mass is 381 g/mol. The third kappa shape index (κ3) is 15.8. The number of nitrogens with zero attached hydrogens (tertiary/aromatic N) is 1. The molecule has 0 aromatic carbocycles. The highest BCUT2D eigenvalue weighted by Gasteiger charge is 2.00. The molecule has 0 unspecified atom stereocenters. The van der Waals surface area contributed by atoms with Crippen molar-refractivity contribution in [3.63, 3.8) is 0 Å². The molecule has 0 atom stereocenters. The smallest absolute Gasteiger partial charge is 0.108 e. The molecule has 0 aliphatic heterocycles. The lowest BCUT2D eigenvalue weighted by Crippen LogP contribution is -1.93. The van der Waals surface area contributed by atoms with Gasteiger partial charge in [-0.3, -0.25) is 0 Å². The molecule has 1 aromatic heterocycles. The number of H-pyrrole nitrogens is 1. The second-order valence-electron chi connectivity index (χ2n) is 7.88. The van der Waals surface area contributed by atoms with E-state index in [2.05, 4.69) is 16.9 Å². The van der Waals surface area contributed by atoms with Gasteiger partial charge in [0, 0.05) is 18.3 Å². The average molecular weight is 382 g/mol. The SMILES string of the molecule is CCCCCCCCCCCCCCCCCCc1cnc(CCO)[nH]1.N. The fourth-order valence-corrected chi connectivity index (χ4v) is 3.63. The summed E-state index contributed by atoms with van der Waals surface area (Å²) in [5.41, 5.74) is 1.22. The first-order valence-corrected chi connectivity index (χ1v) is 11.5. The summed E-state index contributed by atoms with van der Waals surface area (Å²) in [5.74, 6) is 0.916. The predicted octanol–water partition coefficient (Wildman–Crippen LogP) is 6.91. The molecule has 0 saturated heterocycles. The van der Waals surface area contributed by atoms with Gasteiger partial charge in [0.25, 0.3) is 0 Å². The first kappa shape index (κ1) is 26.1. The Bertz CT molecular complexity index is 406. The van der Waals surface area contributed by atoms with Crippen molar-refractivity contribution in [3.05, 3.63) is 17.7 Å². The number of aromatic nitrogens is 2. The minimum absolute atomic E-state index is 0. The van der Waals surface area contributed by atoms with Gasteiger partial charge in [-0.1, -0.05) is 103 Å². The van der Waals surface area contributed by atoms with Crippen LogP contribution in [0.3, 0.4) is 0 Å². The Balaban J connectivity index is 0.00000676. The van der Waals surface area contributed by atoms with E-state index in [9.17, 15) is 0 Å². The number of hydrogen-bond donors (Lipinski definition) is 3. The number of aliphatic hydroxyl groups is 1. The standard InChI is InChI=1S/C23H44N2O.H3N/c1-2-3-4-5-6-7-8-9-10-11-12-13-14-15-16-17-18-22-21-24-23(25-22)19-20-26;/h21,26H,2-20H2,1H3,(H,24,25);1H3. The number of aromatic amines is 1. The van der Waals surface area contributed by atoms with Gasteiger partial charge in [0.15, 0.2) is 0 Å². The summed E-state index contributed by atoms with van der Waals surface area (Å²) in [6.45, 7) is 2.46. The first-order valence-electron chi connectivity index (χ1n) is 11.5. The van der Waals surface area contributed by atoms with Crippen LogP contribution in [0, 0.1) is 0 Å². The van der Waals surface area contributed by atoms with E-state index in [1.54, 1.807) is 0 Å². The lowest BCUT2D eigenvalue weighted by atomic mass is 10.0. The quantitative estimate of drug-likeness (QED) is 0.228. The van der Waals surface area contributed by atoms with Gasteiger partial charge in [0.2, 0.25) is 0 Å². The van der Waals surface area contributed by atoms with Crippen LogP contribution in [-0.2, 0) is 12.8 Å². The minimum Gasteiger partial charge on any atom is -0.396 e. The zero-order chi connectivity index (χ0) is 18.7. The van der Waals surface area contributed by atoms with Gasteiger partial charge in [-0.05, 0) is 12.8 Å². The van der Waals surface area contributed by atoms with Crippen molar-refractivity contribution in [1.29, 1.82) is 0 Å². The zero-order valence-electron chi connectivity index (χ0n) is 18.1. The van der Waals surface area contributed by atoms with Gasteiger partial charge >= 0.3 is 0 Å². The molecule has 0 spiro atoms. The Kier molecular flexibility index (Phi) is 19.2. The van der Waals surface area contributed by atoms with Gasteiger partial charge in [-0.15, -0.1) is 0 Å². The number of nitrogens with one attached hydrogen (secondary N) is 1. The van der Waals surface area contributed by atoms with Crippen LogP contribution in [-0.4, -0.2) is 21.7 Å². The average Bonchev–Trinajstić information content (AvgIpc) is 3.09. The summed E-state index contributed by atoms with van der Waals surface area (Å²) in [5, 5.41) is 8.89. The Labute approximate surface area is 168 Å². The van der Waals surface area contributed by atoms with Gasteiger partial charge in [-0.25, -0.2) is 4.98 Å². The largest absolute Gasteiger partial charge is 0.396 e. The van der Waals surface area contributed by atoms with Gasteiger partial charge in [-0.2, -0.15) is 0 Å². The first-order chi connectivity index (χ1) is 12.9. The maximum Gasteiger partial charge on any atom is 0.108 e. The van der Waals surface area contributed by atoms with Crippen LogP contribution in [0.5, 0.6) is 0 Å². The van der Waals surface area contributed by atoms with Crippen LogP contribution >= 0.6 is 0 Å². The highest BCUT2D eigenvalue weighted by molar-refractivity contribution is 5.01. The third-order valence-corrected chi connectivity index (χ3v) is 5.33. The molecule has 1 aromatic rings. The zero-order valence-corrected chi connectivity index (χ0v) is 18.1. The topological polar surface area (TPSA) is 83.9 Å². The molecule has 27 heavy (non-hydrogen) atoms. The second-order valence-corrected chi connectivity index (χ2v) is 7.88. The molecule has 0 saturated carbocycles. The van der Waals surface area contributed by atoms with Crippen LogP contribution in [0.4, 0.5) is 0 Å². The minimum atomic E-state index is 0. The predicted molar refractivity (Wildman–Crippen MR) is 118 cm³/mol. The highest BCUT2D eigenvalue weighted by atomic mass is 16.3. The number of aliphatic hydroxyl groups excluding tert-OH is 1. The van der Waals surface area contributed by atoms with Crippen molar-refractivity contribution in [2.75, 3.05) is 6.61 Å². The van der Waals surface area contributed by atoms with E-state index in [0.717, 1.165) is 12.2 Å². The number of aryl methyl sites for hydroxylation is 1. The summed E-state index contributed by atoms with van der Waals surface area (Å²) in [6.07, 6.45) is 26.3. The van der Waals surface area contributed by atoms with Crippen molar-refractivity contribution in [3.8, 4) is 0 Å². The fraction of sp³-hybridized carbons (Fsp3) is 0.870. The molecule has 5 N–H and O–H groups in total. The molecule has 0 bridgehead atoms. The third-order valence-electron chi connectivity index (χ3n) is 5.33. The Morgan fingerprint density at radius 3 is 1.59 bits per heavy atom. The number of rotatable bonds is 19.